The zero-order valence-electron chi connectivity index (χ0n) is 10.9. The van der Waals surface area contributed by atoms with Crippen molar-refractivity contribution in [2.75, 3.05) is 5.32 Å². The lowest BCUT2D eigenvalue weighted by Crippen LogP contribution is -2.03. The molecule has 0 aliphatic rings. The fourth-order valence-electron chi connectivity index (χ4n) is 2.20. The van der Waals surface area contributed by atoms with Crippen LogP contribution in [0.3, 0.4) is 0 Å². The van der Waals surface area contributed by atoms with E-state index in [1.54, 1.807) is 0 Å². The van der Waals surface area contributed by atoms with Crippen molar-refractivity contribution in [3.05, 3.63) is 46.3 Å². The average molecular weight is 229 g/mol. The number of H-pyrrole nitrogens is 1. The van der Waals surface area contributed by atoms with E-state index >= 15 is 0 Å². The predicted octanol–water partition coefficient (Wildman–Crippen LogP) is 3.26. The largest absolute Gasteiger partial charge is 0.380 e. The Balaban J connectivity index is 2.17. The molecule has 0 fully saturated rings. The third-order valence-electron chi connectivity index (χ3n) is 3.07. The van der Waals surface area contributed by atoms with Gasteiger partial charge in [-0.3, -0.25) is 5.10 Å². The SMILES string of the molecule is Cc1cc(C)c(NCc2cn[nH]c2C)c(C)c1. The minimum Gasteiger partial charge on any atom is -0.380 e. The van der Waals surface area contributed by atoms with E-state index in [0.717, 1.165) is 12.2 Å². The minimum atomic E-state index is 0.813. The van der Waals surface area contributed by atoms with Gasteiger partial charge in [0.05, 0.1) is 6.20 Å². The summed E-state index contributed by atoms with van der Waals surface area (Å²) < 4.78 is 0. The van der Waals surface area contributed by atoms with Crippen molar-refractivity contribution >= 4 is 5.69 Å². The van der Waals surface area contributed by atoms with Crippen molar-refractivity contribution in [1.29, 1.82) is 0 Å². The van der Waals surface area contributed by atoms with Gasteiger partial charge >= 0.3 is 0 Å². The zero-order chi connectivity index (χ0) is 12.4. The number of aryl methyl sites for hydroxylation is 4. The molecule has 2 aromatic rings. The molecular formula is C14H19N3. The van der Waals surface area contributed by atoms with E-state index < -0.39 is 0 Å². The third-order valence-corrected chi connectivity index (χ3v) is 3.07. The molecule has 1 aromatic heterocycles. The topological polar surface area (TPSA) is 40.7 Å². The average Bonchev–Trinajstić information content (AvgIpc) is 2.62. The summed E-state index contributed by atoms with van der Waals surface area (Å²) in [5, 5.41) is 10.5. The van der Waals surface area contributed by atoms with E-state index in [2.05, 4.69) is 48.4 Å². The molecule has 0 bridgehead atoms. The van der Waals surface area contributed by atoms with Crippen molar-refractivity contribution in [3.8, 4) is 0 Å². The van der Waals surface area contributed by atoms with Crippen LogP contribution in [0.5, 0.6) is 0 Å². The van der Waals surface area contributed by atoms with Gasteiger partial charge in [-0.25, -0.2) is 0 Å². The maximum atomic E-state index is 4.03. The summed E-state index contributed by atoms with van der Waals surface area (Å²) in [6.07, 6.45) is 1.88. The number of benzene rings is 1. The van der Waals surface area contributed by atoms with E-state index in [1.807, 2.05) is 13.1 Å². The minimum absolute atomic E-state index is 0.813. The maximum absolute atomic E-state index is 4.03. The van der Waals surface area contributed by atoms with E-state index in [0.29, 0.717) is 0 Å². The van der Waals surface area contributed by atoms with Crippen molar-refractivity contribution < 1.29 is 0 Å². The van der Waals surface area contributed by atoms with Gasteiger partial charge in [0.25, 0.3) is 0 Å². The quantitative estimate of drug-likeness (QED) is 0.848. The molecule has 0 saturated heterocycles. The molecule has 2 N–H and O–H groups in total. The Morgan fingerprint density at radius 2 is 1.76 bits per heavy atom. The Bertz CT molecular complexity index is 503. The van der Waals surface area contributed by atoms with Crippen LogP contribution in [0.2, 0.25) is 0 Å². The lowest BCUT2D eigenvalue weighted by molar-refractivity contribution is 1.04. The summed E-state index contributed by atoms with van der Waals surface area (Å²) >= 11 is 0. The lowest BCUT2D eigenvalue weighted by atomic mass is 10.0. The van der Waals surface area contributed by atoms with Crippen LogP contribution >= 0.6 is 0 Å². The van der Waals surface area contributed by atoms with E-state index in [1.165, 1.54) is 27.9 Å². The summed E-state index contributed by atoms with van der Waals surface area (Å²) in [6, 6.07) is 4.41. The summed E-state index contributed by atoms with van der Waals surface area (Å²) in [5.41, 5.74) is 7.47. The second-order valence-corrected chi connectivity index (χ2v) is 4.65. The van der Waals surface area contributed by atoms with Crippen LogP contribution in [0.1, 0.15) is 27.9 Å². The number of hydrogen-bond acceptors (Lipinski definition) is 2. The smallest absolute Gasteiger partial charge is 0.0539 e. The second-order valence-electron chi connectivity index (χ2n) is 4.65. The highest BCUT2D eigenvalue weighted by molar-refractivity contribution is 5.58. The normalized spacial score (nSPS) is 10.6. The highest BCUT2D eigenvalue weighted by Gasteiger charge is 2.05. The van der Waals surface area contributed by atoms with E-state index in [9.17, 15) is 0 Å². The van der Waals surface area contributed by atoms with Crippen molar-refractivity contribution in [3.63, 3.8) is 0 Å². The molecule has 17 heavy (non-hydrogen) atoms. The van der Waals surface area contributed by atoms with Gasteiger partial charge in [-0.15, -0.1) is 0 Å². The Kier molecular flexibility index (Phi) is 3.18. The van der Waals surface area contributed by atoms with E-state index in [-0.39, 0.29) is 0 Å². The van der Waals surface area contributed by atoms with Crippen molar-refractivity contribution in [1.82, 2.24) is 10.2 Å². The fraction of sp³-hybridized carbons (Fsp3) is 0.357. The Morgan fingerprint density at radius 3 is 2.29 bits per heavy atom. The standard InChI is InChI=1S/C14H19N3/c1-9-5-10(2)14(11(3)6-9)15-7-13-8-16-17-12(13)4/h5-6,8,15H,7H2,1-4H3,(H,16,17). The van der Waals surface area contributed by atoms with E-state index in [4.69, 9.17) is 0 Å². The zero-order valence-corrected chi connectivity index (χ0v) is 10.9. The van der Waals surface area contributed by atoms with Gasteiger partial charge in [0, 0.05) is 23.5 Å². The molecule has 0 atom stereocenters. The van der Waals surface area contributed by atoms with Crippen LogP contribution in [0, 0.1) is 27.7 Å². The molecular weight excluding hydrogens is 210 g/mol. The van der Waals surface area contributed by atoms with Crippen LogP contribution in [0.15, 0.2) is 18.3 Å². The Morgan fingerprint density at radius 1 is 1.12 bits per heavy atom. The Labute approximate surface area is 102 Å². The highest BCUT2D eigenvalue weighted by atomic mass is 15.1. The summed E-state index contributed by atoms with van der Waals surface area (Å²) in [7, 11) is 0. The molecule has 0 aliphatic carbocycles. The number of anilines is 1. The molecule has 0 saturated carbocycles. The van der Waals surface area contributed by atoms with Gasteiger partial charge in [-0.2, -0.15) is 5.10 Å². The van der Waals surface area contributed by atoms with Gasteiger partial charge in [-0.1, -0.05) is 17.7 Å². The highest BCUT2D eigenvalue weighted by Crippen LogP contribution is 2.22. The predicted molar refractivity (Wildman–Crippen MR) is 71.3 cm³/mol. The van der Waals surface area contributed by atoms with Crippen LogP contribution in [-0.2, 0) is 6.54 Å². The molecule has 0 spiro atoms. The molecule has 3 nitrogen and oxygen atoms in total. The first-order valence-electron chi connectivity index (χ1n) is 5.88. The second kappa shape index (κ2) is 4.62. The first-order chi connectivity index (χ1) is 8.08. The Hall–Kier alpha value is -1.77. The van der Waals surface area contributed by atoms with Gasteiger partial charge in [0.15, 0.2) is 0 Å². The molecule has 90 valence electrons. The van der Waals surface area contributed by atoms with Crippen LogP contribution in [-0.4, -0.2) is 10.2 Å². The molecule has 0 radical (unpaired) electrons. The number of rotatable bonds is 3. The number of hydrogen-bond donors (Lipinski definition) is 2. The summed E-state index contributed by atoms with van der Waals surface area (Å²) in [5.74, 6) is 0. The molecule has 2 rings (SSSR count). The van der Waals surface area contributed by atoms with Gasteiger partial charge < -0.3 is 5.32 Å². The fourth-order valence-corrected chi connectivity index (χ4v) is 2.20. The molecule has 1 heterocycles. The number of nitrogens with zero attached hydrogens (tertiary/aromatic N) is 1. The monoisotopic (exact) mass is 229 g/mol. The molecule has 0 unspecified atom stereocenters. The van der Waals surface area contributed by atoms with Gasteiger partial charge in [0.1, 0.15) is 0 Å². The summed E-state index contributed by atoms with van der Waals surface area (Å²) in [6.45, 7) is 9.27. The third kappa shape index (κ3) is 2.49. The first kappa shape index (κ1) is 11.7. The van der Waals surface area contributed by atoms with Crippen molar-refractivity contribution in [2.45, 2.75) is 34.2 Å². The molecule has 0 aliphatic heterocycles. The van der Waals surface area contributed by atoms with Crippen LogP contribution in [0.25, 0.3) is 0 Å². The number of aromatic amines is 1. The lowest BCUT2D eigenvalue weighted by Gasteiger charge is -2.13. The van der Waals surface area contributed by atoms with Crippen LogP contribution in [0.4, 0.5) is 5.69 Å². The first-order valence-corrected chi connectivity index (χ1v) is 5.88. The molecule has 3 heteroatoms. The maximum Gasteiger partial charge on any atom is 0.0539 e. The summed E-state index contributed by atoms with van der Waals surface area (Å²) in [4.78, 5) is 0. The molecule has 0 amide bonds. The molecule has 1 aromatic carbocycles. The number of aromatic nitrogens is 2. The van der Waals surface area contributed by atoms with Gasteiger partial charge in [-0.05, 0) is 38.8 Å². The van der Waals surface area contributed by atoms with Gasteiger partial charge in [0.2, 0.25) is 0 Å². The number of nitrogens with one attached hydrogen (secondary N) is 2. The van der Waals surface area contributed by atoms with Crippen molar-refractivity contribution in [2.24, 2.45) is 0 Å². The van der Waals surface area contributed by atoms with Crippen LogP contribution < -0.4 is 5.32 Å².